The maximum atomic E-state index is 14.0. The van der Waals surface area contributed by atoms with E-state index in [-0.39, 0.29) is 29.7 Å². The smallest absolute Gasteiger partial charge is 0.243 e. The second-order valence-corrected chi connectivity index (χ2v) is 13.2. The molecule has 1 atom stereocenters. The summed E-state index contributed by atoms with van der Waals surface area (Å²) in [4.78, 5) is 29.2. The molecule has 0 bridgehead atoms. The van der Waals surface area contributed by atoms with Crippen molar-refractivity contribution in [3.8, 4) is 0 Å². The van der Waals surface area contributed by atoms with Crippen molar-refractivity contribution in [2.75, 3.05) is 20.1 Å². The fourth-order valence-corrected chi connectivity index (χ4v) is 6.01. The third kappa shape index (κ3) is 7.76. The Kier molecular flexibility index (Phi) is 10.4. The summed E-state index contributed by atoms with van der Waals surface area (Å²) in [6.45, 7) is 4.00. The van der Waals surface area contributed by atoms with Gasteiger partial charge in [0.1, 0.15) is 6.04 Å². The van der Waals surface area contributed by atoms with Crippen molar-refractivity contribution in [3.63, 3.8) is 0 Å². The SMILES string of the molecule is CC(C)CNC(=O)[C@H](Cc1ccccc1)N(Cc1ccccc1Cl)C(=O)CN(C)S(=O)(=O)c1ccc2ccccc2c1. The van der Waals surface area contributed by atoms with E-state index >= 15 is 0 Å². The van der Waals surface area contributed by atoms with Gasteiger partial charge in [-0.25, -0.2) is 8.42 Å². The molecule has 0 heterocycles. The topological polar surface area (TPSA) is 86.8 Å². The lowest BCUT2D eigenvalue weighted by atomic mass is 10.0. The quantitative estimate of drug-likeness (QED) is 0.230. The van der Waals surface area contributed by atoms with Crippen LogP contribution in [-0.2, 0) is 32.6 Å². The molecule has 4 aromatic rings. The van der Waals surface area contributed by atoms with Crippen molar-refractivity contribution in [3.05, 3.63) is 113 Å². The van der Waals surface area contributed by atoms with E-state index in [1.165, 1.54) is 18.0 Å². The molecule has 0 spiro atoms. The van der Waals surface area contributed by atoms with Crippen molar-refractivity contribution in [2.45, 2.75) is 37.8 Å². The number of sulfonamides is 1. The second-order valence-electron chi connectivity index (χ2n) is 10.7. The maximum absolute atomic E-state index is 14.0. The predicted molar refractivity (Wildman–Crippen MR) is 168 cm³/mol. The molecule has 4 aromatic carbocycles. The molecule has 0 saturated carbocycles. The first-order valence-electron chi connectivity index (χ1n) is 13.9. The number of fused-ring (bicyclic) bond motifs is 1. The molecule has 0 aliphatic carbocycles. The van der Waals surface area contributed by atoms with Gasteiger partial charge in [-0.2, -0.15) is 4.31 Å². The highest BCUT2D eigenvalue weighted by Gasteiger charge is 2.33. The van der Waals surface area contributed by atoms with E-state index < -0.39 is 28.5 Å². The average molecular weight is 606 g/mol. The fourth-order valence-electron chi connectivity index (χ4n) is 4.66. The van der Waals surface area contributed by atoms with Gasteiger partial charge >= 0.3 is 0 Å². The van der Waals surface area contributed by atoms with E-state index in [2.05, 4.69) is 5.32 Å². The van der Waals surface area contributed by atoms with Crippen LogP contribution >= 0.6 is 11.6 Å². The Bertz CT molecular complexity index is 1640. The minimum atomic E-state index is -4.01. The van der Waals surface area contributed by atoms with Crippen molar-refractivity contribution in [1.82, 2.24) is 14.5 Å². The highest BCUT2D eigenvalue weighted by molar-refractivity contribution is 7.89. The molecule has 2 amide bonds. The molecular weight excluding hydrogens is 570 g/mol. The van der Waals surface area contributed by atoms with Gasteiger partial charge in [-0.1, -0.05) is 104 Å². The first-order chi connectivity index (χ1) is 20.1. The minimum absolute atomic E-state index is 0.0367. The maximum Gasteiger partial charge on any atom is 0.243 e. The fraction of sp³-hybridized carbons (Fsp3) is 0.273. The summed E-state index contributed by atoms with van der Waals surface area (Å²) in [6.07, 6.45) is 0.252. The zero-order valence-corrected chi connectivity index (χ0v) is 25.6. The summed E-state index contributed by atoms with van der Waals surface area (Å²) in [5, 5.41) is 5.11. The van der Waals surface area contributed by atoms with Crippen LogP contribution in [0, 0.1) is 5.92 Å². The third-order valence-corrected chi connectivity index (χ3v) is 9.21. The minimum Gasteiger partial charge on any atom is -0.354 e. The van der Waals surface area contributed by atoms with Crippen LogP contribution in [0.2, 0.25) is 5.02 Å². The van der Waals surface area contributed by atoms with Gasteiger partial charge in [-0.05, 0) is 46.0 Å². The van der Waals surface area contributed by atoms with Gasteiger partial charge in [0.2, 0.25) is 21.8 Å². The van der Waals surface area contributed by atoms with Gasteiger partial charge in [0.25, 0.3) is 0 Å². The van der Waals surface area contributed by atoms with Gasteiger partial charge in [0, 0.05) is 31.6 Å². The van der Waals surface area contributed by atoms with E-state index in [9.17, 15) is 18.0 Å². The number of nitrogens with zero attached hydrogens (tertiary/aromatic N) is 2. The van der Waals surface area contributed by atoms with Gasteiger partial charge < -0.3 is 10.2 Å². The number of rotatable bonds is 12. The number of amides is 2. The number of likely N-dealkylation sites (N-methyl/N-ethyl adjacent to an activating group) is 1. The molecule has 4 rings (SSSR count). The van der Waals surface area contributed by atoms with Gasteiger partial charge in [-0.15, -0.1) is 0 Å². The highest BCUT2D eigenvalue weighted by atomic mass is 35.5. The van der Waals surface area contributed by atoms with Gasteiger partial charge in [-0.3, -0.25) is 9.59 Å². The lowest BCUT2D eigenvalue weighted by Gasteiger charge is -2.33. The van der Waals surface area contributed by atoms with E-state index in [0.717, 1.165) is 20.6 Å². The van der Waals surface area contributed by atoms with Crippen LogP contribution in [0.5, 0.6) is 0 Å². The Hall–Kier alpha value is -3.72. The lowest BCUT2D eigenvalue weighted by Crippen LogP contribution is -2.53. The number of carbonyl (C=O) groups is 2. The Morgan fingerprint density at radius 2 is 1.50 bits per heavy atom. The predicted octanol–water partition coefficient (Wildman–Crippen LogP) is 5.53. The molecule has 220 valence electrons. The van der Waals surface area contributed by atoms with Crippen LogP contribution in [0.4, 0.5) is 0 Å². The number of nitrogens with one attached hydrogen (secondary N) is 1. The van der Waals surface area contributed by atoms with Crippen LogP contribution in [0.3, 0.4) is 0 Å². The van der Waals surface area contributed by atoms with Crippen molar-refractivity contribution < 1.29 is 18.0 Å². The Labute approximate surface area is 253 Å². The largest absolute Gasteiger partial charge is 0.354 e. The molecule has 0 saturated heterocycles. The number of carbonyl (C=O) groups excluding carboxylic acids is 2. The van der Waals surface area contributed by atoms with Crippen LogP contribution in [0.25, 0.3) is 10.8 Å². The molecule has 1 N–H and O–H groups in total. The molecule has 0 aliphatic rings. The number of hydrogen-bond acceptors (Lipinski definition) is 4. The molecule has 9 heteroatoms. The summed E-state index contributed by atoms with van der Waals surface area (Å²) in [5.74, 6) is -0.618. The molecular formula is C33H36ClN3O4S. The first-order valence-corrected chi connectivity index (χ1v) is 15.7. The molecule has 42 heavy (non-hydrogen) atoms. The summed E-state index contributed by atoms with van der Waals surface area (Å²) in [6, 6.07) is 28.0. The zero-order chi connectivity index (χ0) is 30.3. The molecule has 0 unspecified atom stereocenters. The zero-order valence-electron chi connectivity index (χ0n) is 24.0. The van der Waals surface area contributed by atoms with E-state index in [4.69, 9.17) is 11.6 Å². The summed E-state index contributed by atoms with van der Waals surface area (Å²) in [5.41, 5.74) is 1.53. The van der Waals surface area contributed by atoms with Crippen LogP contribution in [0.1, 0.15) is 25.0 Å². The summed E-state index contributed by atoms with van der Waals surface area (Å²) >= 11 is 6.48. The van der Waals surface area contributed by atoms with Crippen LogP contribution in [0.15, 0.2) is 102 Å². The number of hydrogen-bond donors (Lipinski definition) is 1. The number of halogens is 1. The Morgan fingerprint density at radius 3 is 2.19 bits per heavy atom. The average Bonchev–Trinajstić information content (AvgIpc) is 2.98. The lowest BCUT2D eigenvalue weighted by molar-refractivity contribution is -0.141. The van der Waals surface area contributed by atoms with Gasteiger partial charge in [0.15, 0.2) is 0 Å². The summed E-state index contributed by atoms with van der Waals surface area (Å²) < 4.78 is 28.2. The molecule has 0 radical (unpaired) electrons. The van der Waals surface area contributed by atoms with E-state index in [1.54, 1.807) is 30.3 Å². The van der Waals surface area contributed by atoms with Crippen molar-refractivity contribution in [1.29, 1.82) is 0 Å². The van der Waals surface area contributed by atoms with Crippen LogP contribution < -0.4 is 5.32 Å². The second kappa shape index (κ2) is 14.0. The standard InChI is InChI=1S/C33H36ClN3O4S/c1-24(2)21-35-33(39)31(19-25-11-5-4-6-12-25)37(22-28-15-9-10-16-30(28)34)32(38)23-36(3)42(40,41)29-18-17-26-13-7-8-14-27(26)20-29/h4-18,20,24,31H,19,21-23H2,1-3H3,(H,35,39)/t31-/m0/s1. The molecule has 0 aromatic heterocycles. The van der Waals surface area contributed by atoms with Crippen molar-refractivity contribution >= 4 is 44.2 Å². The Morgan fingerprint density at radius 1 is 0.857 bits per heavy atom. The molecule has 0 aliphatic heterocycles. The Balaban J connectivity index is 1.67. The third-order valence-electron chi connectivity index (χ3n) is 7.04. The van der Waals surface area contributed by atoms with Gasteiger partial charge in [0.05, 0.1) is 11.4 Å². The molecule has 7 nitrogen and oxygen atoms in total. The van der Waals surface area contributed by atoms with E-state index in [1.807, 2.05) is 74.5 Å². The monoisotopic (exact) mass is 605 g/mol. The van der Waals surface area contributed by atoms with Crippen molar-refractivity contribution in [2.24, 2.45) is 5.92 Å². The van der Waals surface area contributed by atoms with E-state index in [0.29, 0.717) is 17.1 Å². The van der Waals surface area contributed by atoms with Crippen LogP contribution in [-0.4, -0.2) is 55.6 Å². The normalized spacial score (nSPS) is 12.4. The molecule has 0 fully saturated rings. The summed E-state index contributed by atoms with van der Waals surface area (Å²) in [7, 11) is -2.63. The highest BCUT2D eigenvalue weighted by Crippen LogP contribution is 2.23. The number of benzene rings is 4. The first kappa shape index (κ1) is 31.2.